The zero-order valence-electron chi connectivity index (χ0n) is 11.9. The Morgan fingerprint density at radius 2 is 1.86 bits per heavy atom. The number of rotatable bonds is 3. The van der Waals surface area contributed by atoms with Crippen LogP contribution in [0.2, 0.25) is 0 Å². The molecule has 0 radical (unpaired) electrons. The lowest BCUT2D eigenvalue weighted by molar-refractivity contribution is 0.432. The Bertz CT molecular complexity index is 747. The number of pyridine rings is 1. The van der Waals surface area contributed by atoms with Crippen LogP contribution in [-0.4, -0.2) is 15.1 Å². The number of nitrogen functional groups attached to an aromatic ring is 1. The quantitative estimate of drug-likeness (QED) is 0.794. The molecule has 5 nitrogen and oxygen atoms in total. The van der Waals surface area contributed by atoms with Gasteiger partial charge < -0.3 is 10.3 Å². The van der Waals surface area contributed by atoms with Crippen LogP contribution in [0.25, 0.3) is 22.8 Å². The molecule has 0 bridgehead atoms. The van der Waals surface area contributed by atoms with Gasteiger partial charge in [-0.05, 0) is 17.5 Å². The molecule has 1 aromatic carbocycles. The summed E-state index contributed by atoms with van der Waals surface area (Å²) in [4.78, 5) is 8.35. The summed E-state index contributed by atoms with van der Waals surface area (Å²) in [6.07, 6.45) is 3.21. The van der Waals surface area contributed by atoms with Crippen LogP contribution >= 0.6 is 0 Å². The molecule has 0 aliphatic heterocycles. The first kappa shape index (κ1) is 13.3. The Morgan fingerprint density at radius 1 is 1.10 bits per heavy atom. The van der Waals surface area contributed by atoms with Gasteiger partial charge in [-0.1, -0.05) is 43.3 Å². The van der Waals surface area contributed by atoms with E-state index in [0.717, 1.165) is 5.56 Å². The number of aromatic nitrogens is 3. The molecule has 0 fully saturated rings. The van der Waals surface area contributed by atoms with Crippen molar-refractivity contribution in [1.82, 2.24) is 15.1 Å². The third-order valence-electron chi connectivity index (χ3n) is 3.34. The van der Waals surface area contributed by atoms with E-state index < -0.39 is 0 Å². The van der Waals surface area contributed by atoms with Crippen molar-refractivity contribution >= 4 is 5.69 Å². The molecule has 5 heteroatoms. The molecule has 2 aromatic heterocycles. The molecule has 0 atom stereocenters. The van der Waals surface area contributed by atoms with E-state index in [1.165, 1.54) is 5.56 Å². The lowest BCUT2D eigenvalue weighted by Crippen LogP contribution is -1.91. The third kappa shape index (κ3) is 2.63. The number of anilines is 1. The fourth-order valence-electron chi connectivity index (χ4n) is 2.07. The van der Waals surface area contributed by atoms with E-state index in [1.54, 1.807) is 18.5 Å². The second-order valence-electron chi connectivity index (χ2n) is 5.16. The van der Waals surface area contributed by atoms with Gasteiger partial charge in [0, 0.05) is 11.8 Å². The van der Waals surface area contributed by atoms with Crippen molar-refractivity contribution in [3.63, 3.8) is 0 Å². The van der Waals surface area contributed by atoms with Crippen molar-refractivity contribution in [2.75, 3.05) is 5.73 Å². The monoisotopic (exact) mass is 280 g/mol. The van der Waals surface area contributed by atoms with E-state index >= 15 is 0 Å². The molecule has 3 aromatic rings. The molecule has 2 N–H and O–H groups in total. The summed E-state index contributed by atoms with van der Waals surface area (Å²) in [6.45, 7) is 4.32. The van der Waals surface area contributed by atoms with E-state index in [1.807, 2.05) is 12.1 Å². The molecule has 3 rings (SSSR count). The maximum absolute atomic E-state index is 5.86. The molecule has 21 heavy (non-hydrogen) atoms. The number of benzene rings is 1. The van der Waals surface area contributed by atoms with Gasteiger partial charge in [-0.15, -0.1) is 0 Å². The minimum atomic E-state index is 0.401. The topological polar surface area (TPSA) is 77.8 Å². The average molecular weight is 280 g/mol. The van der Waals surface area contributed by atoms with Gasteiger partial charge in [-0.2, -0.15) is 4.98 Å². The fourth-order valence-corrected chi connectivity index (χ4v) is 2.07. The van der Waals surface area contributed by atoms with Crippen molar-refractivity contribution in [1.29, 1.82) is 0 Å². The first-order chi connectivity index (χ1) is 10.1. The highest BCUT2D eigenvalue weighted by Gasteiger charge is 2.13. The second-order valence-corrected chi connectivity index (χ2v) is 5.16. The standard InChI is InChI=1S/C16H16N4O/c1-10(2)11-3-5-12(6-4-11)15-19-16(21-20-15)13-7-8-18-9-14(13)17/h3-10H,17H2,1-2H3. The van der Waals surface area contributed by atoms with Gasteiger partial charge in [0.25, 0.3) is 5.89 Å². The Labute approximate surface area is 122 Å². The summed E-state index contributed by atoms with van der Waals surface area (Å²) in [5.74, 6) is 1.45. The van der Waals surface area contributed by atoms with Gasteiger partial charge in [-0.25, -0.2) is 0 Å². The predicted molar refractivity (Wildman–Crippen MR) is 81.5 cm³/mol. The minimum absolute atomic E-state index is 0.401. The molecule has 106 valence electrons. The second kappa shape index (κ2) is 5.36. The first-order valence-electron chi connectivity index (χ1n) is 6.79. The SMILES string of the molecule is CC(C)c1ccc(-c2noc(-c3ccncc3N)n2)cc1. The molecule has 2 heterocycles. The van der Waals surface area contributed by atoms with E-state index in [0.29, 0.717) is 28.9 Å². The molecule has 0 saturated carbocycles. The highest BCUT2D eigenvalue weighted by Crippen LogP contribution is 2.26. The smallest absolute Gasteiger partial charge is 0.260 e. The summed E-state index contributed by atoms with van der Waals surface area (Å²) < 4.78 is 5.29. The van der Waals surface area contributed by atoms with Gasteiger partial charge in [0.2, 0.25) is 5.82 Å². The van der Waals surface area contributed by atoms with Gasteiger partial charge in [0.15, 0.2) is 0 Å². The van der Waals surface area contributed by atoms with E-state index in [-0.39, 0.29) is 0 Å². The van der Waals surface area contributed by atoms with Crippen molar-refractivity contribution in [3.8, 4) is 22.8 Å². The van der Waals surface area contributed by atoms with Crippen molar-refractivity contribution < 1.29 is 4.52 Å². The highest BCUT2D eigenvalue weighted by atomic mass is 16.5. The zero-order chi connectivity index (χ0) is 14.8. The Morgan fingerprint density at radius 3 is 2.52 bits per heavy atom. The maximum atomic E-state index is 5.86. The normalized spacial score (nSPS) is 11.0. The van der Waals surface area contributed by atoms with Crippen LogP contribution in [0.1, 0.15) is 25.3 Å². The Balaban J connectivity index is 1.93. The molecule has 0 saturated heterocycles. The van der Waals surface area contributed by atoms with E-state index in [9.17, 15) is 0 Å². The lowest BCUT2D eigenvalue weighted by Gasteiger charge is -2.04. The average Bonchev–Trinajstić information content (AvgIpc) is 2.97. The summed E-state index contributed by atoms with van der Waals surface area (Å²) in [5.41, 5.74) is 9.27. The molecule has 0 aliphatic rings. The zero-order valence-corrected chi connectivity index (χ0v) is 11.9. The summed E-state index contributed by atoms with van der Waals surface area (Å²) >= 11 is 0. The molecular weight excluding hydrogens is 264 g/mol. The van der Waals surface area contributed by atoms with Crippen LogP contribution < -0.4 is 5.73 Å². The molecule has 0 unspecified atom stereocenters. The maximum Gasteiger partial charge on any atom is 0.260 e. The first-order valence-corrected chi connectivity index (χ1v) is 6.79. The lowest BCUT2D eigenvalue weighted by atomic mass is 10.0. The fraction of sp³-hybridized carbons (Fsp3) is 0.188. The van der Waals surface area contributed by atoms with Crippen LogP contribution in [0, 0.1) is 0 Å². The molecular formula is C16H16N4O. The number of nitrogens with two attached hydrogens (primary N) is 1. The molecule has 0 aliphatic carbocycles. The van der Waals surface area contributed by atoms with Gasteiger partial charge in [-0.3, -0.25) is 4.98 Å². The van der Waals surface area contributed by atoms with Gasteiger partial charge in [0.05, 0.1) is 17.4 Å². The summed E-state index contributed by atoms with van der Waals surface area (Å²) in [5, 5.41) is 4.02. The van der Waals surface area contributed by atoms with Crippen LogP contribution in [0.5, 0.6) is 0 Å². The summed E-state index contributed by atoms with van der Waals surface area (Å²) in [7, 11) is 0. The molecule has 0 amide bonds. The number of hydrogen-bond donors (Lipinski definition) is 1. The molecule has 0 spiro atoms. The number of hydrogen-bond acceptors (Lipinski definition) is 5. The van der Waals surface area contributed by atoms with Crippen molar-refractivity contribution in [2.45, 2.75) is 19.8 Å². The van der Waals surface area contributed by atoms with Gasteiger partial charge >= 0.3 is 0 Å². The van der Waals surface area contributed by atoms with E-state index in [4.69, 9.17) is 10.3 Å². The predicted octanol–water partition coefficient (Wildman–Crippen LogP) is 3.50. The van der Waals surface area contributed by atoms with Crippen LogP contribution in [0.15, 0.2) is 47.2 Å². The van der Waals surface area contributed by atoms with E-state index in [2.05, 4.69) is 41.1 Å². The third-order valence-corrected chi connectivity index (χ3v) is 3.34. The Kier molecular flexibility index (Phi) is 3.39. The number of nitrogens with zero attached hydrogens (tertiary/aromatic N) is 3. The Hall–Kier alpha value is -2.69. The minimum Gasteiger partial charge on any atom is -0.397 e. The summed E-state index contributed by atoms with van der Waals surface area (Å²) in [6, 6.07) is 9.92. The van der Waals surface area contributed by atoms with Crippen LogP contribution in [0.3, 0.4) is 0 Å². The largest absolute Gasteiger partial charge is 0.397 e. The van der Waals surface area contributed by atoms with Crippen molar-refractivity contribution in [2.24, 2.45) is 0 Å². The van der Waals surface area contributed by atoms with Crippen molar-refractivity contribution in [3.05, 3.63) is 48.3 Å². The van der Waals surface area contributed by atoms with Crippen LogP contribution in [0.4, 0.5) is 5.69 Å². The highest BCUT2D eigenvalue weighted by molar-refractivity contribution is 5.70. The van der Waals surface area contributed by atoms with Crippen LogP contribution in [-0.2, 0) is 0 Å². The van der Waals surface area contributed by atoms with Gasteiger partial charge in [0.1, 0.15) is 0 Å².